The van der Waals surface area contributed by atoms with Crippen molar-refractivity contribution < 1.29 is 19.0 Å². The number of phenolic OH excluding ortho intramolecular Hbond substituents is 2. The highest BCUT2D eigenvalue weighted by Crippen LogP contribution is 2.34. The van der Waals surface area contributed by atoms with Gasteiger partial charge in [-0.3, -0.25) is 9.12 Å². The van der Waals surface area contributed by atoms with Gasteiger partial charge in [0.2, 0.25) is 5.95 Å². The molecular formula is C23H19FN6O3S. The number of nitrogens with zero attached hydrogens (tertiary/aromatic N) is 4. The lowest BCUT2D eigenvalue weighted by Gasteiger charge is -2.09. The van der Waals surface area contributed by atoms with Crippen molar-refractivity contribution in [2.45, 2.75) is 4.90 Å². The number of oxazole rings is 1. The van der Waals surface area contributed by atoms with E-state index in [9.17, 15) is 14.6 Å². The Balaban J connectivity index is 1.33. The molecule has 172 valence electrons. The Hall–Kier alpha value is -4.09. The van der Waals surface area contributed by atoms with Gasteiger partial charge < -0.3 is 19.9 Å². The second kappa shape index (κ2) is 9.41. The van der Waals surface area contributed by atoms with Gasteiger partial charge in [0.1, 0.15) is 23.4 Å². The van der Waals surface area contributed by atoms with Gasteiger partial charge in [-0.25, -0.2) is 14.4 Å². The van der Waals surface area contributed by atoms with Crippen LogP contribution in [0.3, 0.4) is 0 Å². The van der Waals surface area contributed by atoms with Gasteiger partial charge in [-0.1, -0.05) is 0 Å². The molecule has 3 heterocycles. The van der Waals surface area contributed by atoms with Crippen LogP contribution in [0.5, 0.6) is 11.5 Å². The number of aromatic nitrogens is 4. The van der Waals surface area contributed by atoms with Crippen molar-refractivity contribution in [2.75, 3.05) is 18.4 Å². The Kier molecular flexibility index (Phi) is 6.02. The second-order valence-electron chi connectivity index (χ2n) is 7.21. The van der Waals surface area contributed by atoms with E-state index in [4.69, 9.17) is 4.42 Å². The maximum absolute atomic E-state index is 13.6. The molecule has 0 aliphatic heterocycles. The number of anilines is 1. The van der Waals surface area contributed by atoms with Crippen molar-refractivity contribution in [3.05, 3.63) is 73.0 Å². The van der Waals surface area contributed by atoms with Crippen LogP contribution in [-0.2, 0) is 0 Å². The molecule has 4 N–H and O–H groups in total. The Bertz CT molecular complexity index is 1440. The molecule has 0 saturated carbocycles. The highest BCUT2D eigenvalue weighted by atomic mass is 32.2. The molecule has 0 unspecified atom stereocenters. The third kappa shape index (κ3) is 4.51. The zero-order chi connectivity index (χ0) is 23.5. The zero-order valence-corrected chi connectivity index (χ0v) is 18.5. The van der Waals surface area contributed by atoms with Crippen LogP contribution >= 0.6 is 11.9 Å². The van der Waals surface area contributed by atoms with E-state index in [-0.39, 0.29) is 5.75 Å². The van der Waals surface area contributed by atoms with E-state index in [0.29, 0.717) is 47.5 Å². The van der Waals surface area contributed by atoms with Crippen LogP contribution in [0.15, 0.2) is 76.5 Å². The van der Waals surface area contributed by atoms with Crippen molar-refractivity contribution in [1.82, 2.24) is 24.1 Å². The molecule has 5 rings (SSSR count). The predicted octanol–water partition coefficient (Wildman–Crippen LogP) is 4.31. The summed E-state index contributed by atoms with van der Waals surface area (Å²) in [4.78, 5) is 14.4. The minimum absolute atomic E-state index is 0.230. The number of hydrogen-bond donors (Lipinski definition) is 4. The lowest BCUT2D eigenvalue weighted by molar-refractivity contribution is 0.432. The molecule has 0 radical (unpaired) electrons. The number of phenols is 2. The van der Waals surface area contributed by atoms with E-state index in [2.05, 4.69) is 25.0 Å². The first-order valence-corrected chi connectivity index (χ1v) is 11.1. The minimum atomic E-state index is -0.709. The Morgan fingerprint density at radius 1 is 1.03 bits per heavy atom. The molecule has 3 aromatic heterocycles. The SMILES string of the molecule is Oc1ccc(SNCCNc2nccc(-c3c(-c4ccc(F)c(O)c4)nc4occn34)n2)cc1. The molecule has 9 nitrogen and oxygen atoms in total. The Morgan fingerprint density at radius 3 is 2.71 bits per heavy atom. The number of imidazole rings is 1. The molecule has 2 aromatic carbocycles. The van der Waals surface area contributed by atoms with Crippen LogP contribution < -0.4 is 10.0 Å². The van der Waals surface area contributed by atoms with E-state index in [0.717, 1.165) is 4.90 Å². The van der Waals surface area contributed by atoms with Gasteiger partial charge >= 0.3 is 5.84 Å². The monoisotopic (exact) mass is 478 g/mol. The van der Waals surface area contributed by atoms with Crippen molar-refractivity contribution in [1.29, 1.82) is 0 Å². The lowest BCUT2D eigenvalue weighted by Crippen LogP contribution is -2.17. The van der Waals surface area contributed by atoms with Gasteiger partial charge in [0.05, 0.1) is 5.69 Å². The zero-order valence-electron chi connectivity index (χ0n) is 17.6. The van der Waals surface area contributed by atoms with E-state index in [1.807, 2.05) is 12.1 Å². The average Bonchev–Trinajstić information content (AvgIpc) is 3.43. The Morgan fingerprint density at radius 2 is 1.88 bits per heavy atom. The number of rotatable bonds is 8. The van der Waals surface area contributed by atoms with Gasteiger partial charge in [-0.05, 0) is 60.5 Å². The number of halogens is 1. The summed E-state index contributed by atoms with van der Waals surface area (Å²) in [6, 6.07) is 12.7. The fourth-order valence-electron chi connectivity index (χ4n) is 3.34. The summed E-state index contributed by atoms with van der Waals surface area (Å²) in [5.74, 6) is -0.166. The molecular weight excluding hydrogens is 459 g/mol. The molecule has 11 heteroatoms. The largest absolute Gasteiger partial charge is 0.508 e. The lowest BCUT2D eigenvalue weighted by atomic mass is 10.1. The number of nitrogens with one attached hydrogen (secondary N) is 2. The average molecular weight is 479 g/mol. The molecule has 0 aliphatic carbocycles. The van der Waals surface area contributed by atoms with E-state index < -0.39 is 11.6 Å². The quantitative estimate of drug-likeness (QED) is 0.191. The maximum Gasteiger partial charge on any atom is 0.306 e. The van der Waals surface area contributed by atoms with Crippen molar-refractivity contribution in [3.63, 3.8) is 0 Å². The summed E-state index contributed by atoms with van der Waals surface area (Å²) in [5.41, 5.74) is 2.22. The first-order valence-electron chi connectivity index (χ1n) is 10.3. The molecule has 0 atom stereocenters. The van der Waals surface area contributed by atoms with Gasteiger partial charge in [0.15, 0.2) is 11.6 Å². The third-order valence-electron chi connectivity index (χ3n) is 4.92. The number of aromatic hydroxyl groups is 2. The molecule has 5 aromatic rings. The molecule has 0 aliphatic rings. The smallest absolute Gasteiger partial charge is 0.306 e. The fourth-order valence-corrected chi connectivity index (χ4v) is 3.98. The second-order valence-corrected chi connectivity index (χ2v) is 8.18. The number of benzene rings is 2. The van der Waals surface area contributed by atoms with Crippen molar-refractivity contribution in [2.24, 2.45) is 0 Å². The summed E-state index contributed by atoms with van der Waals surface area (Å²) >= 11 is 1.46. The first-order chi connectivity index (χ1) is 16.6. The minimum Gasteiger partial charge on any atom is -0.508 e. The van der Waals surface area contributed by atoms with Crippen LogP contribution in [0.25, 0.3) is 28.5 Å². The predicted molar refractivity (Wildman–Crippen MR) is 126 cm³/mol. The normalized spacial score (nSPS) is 11.2. The Labute approximate surface area is 197 Å². The first kappa shape index (κ1) is 21.7. The third-order valence-corrected chi connectivity index (χ3v) is 5.77. The topological polar surface area (TPSA) is 121 Å². The number of hydrogen-bond acceptors (Lipinski definition) is 9. The summed E-state index contributed by atoms with van der Waals surface area (Å²) in [6.45, 7) is 1.21. The fraction of sp³-hybridized carbons (Fsp3) is 0.0870. The molecule has 0 fully saturated rings. The van der Waals surface area contributed by atoms with Crippen LogP contribution in [0.2, 0.25) is 0 Å². The van der Waals surface area contributed by atoms with Crippen LogP contribution in [-0.4, -0.2) is 42.7 Å². The molecule has 0 spiro atoms. The van der Waals surface area contributed by atoms with Gasteiger partial charge in [-0.2, -0.15) is 4.98 Å². The molecule has 34 heavy (non-hydrogen) atoms. The molecule has 0 bridgehead atoms. The molecule has 0 saturated heterocycles. The van der Waals surface area contributed by atoms with Crippen molar-refractivity contribution in [3.8, 4) is 34.1 Å². The molecule has 0 amide bonds. The van der Waals surface area contributed by atoms with Crippen molar-refractivity contribution >= 4 is 23.7 Å². The van der Waals surface area contributed by atoms with Gasteiger partial charge in [0.25, 0.3) is 0 Å². The maximum atomic E-state index is 13.6. The number of fused-ring (bicyclic) bond motifs is 1. The highest BCUT2D eigenvalue weighted by molar-refractivity contribution is 7.97. The van der Waals surface area contributed by atoms with Crippen LogP contribution in [0.1, 0.15) is 0 Å². The summed E-state index contributed by atoms with van der Waals surface area (Å²) in [6.07, 6.45) is 4.86. The van der Waals surface area contributed by atoms with Crippen LogP contribution in [0, 0.1) is 5.82 Å². The van der Waals surface area contributed by atoms with E-state index >= 15 is 0 Å². The van der Waals surface area contributed by atoms with Gasteiger partial charge in [-0.15, -0.1) is 0 Å². The van der Waals surface area contributed by atoms with Crippen LogP contribution in [0.4, 0.5) is 10.3 Å². The standard InChI is InChI=1S/C23H19FN6O3S/c24-17-6-1-14(13-19(17)32)20-21(30-11-12-33-23(30)29-20)18-7-8-25-22(28-18)26-9-10-27-34-16-4-2-15(31)3-5-16/h1-8,11-13,27,31-32H,9-10H2,(H,25,26,28). The summed E-state index contributed by atoms with van der Waals surface area (Å²) in [7, 11) is 0. The van der Waals surface area contributed by atoms with E-state index in [1.54, 1.807) is 35.0 Å². The summed E-state index contributed by atoms with van der Waals surface area (Å²) in [5, 5.41) is 22.4. The summed E-state index contributed by atoms with van der Waals surface area (Å²) < 4.78 is 24.0. The van der Waals surface area contributed by atoms with E-state index in [1.165, 1.54) is 36.4 Å². The highest BCUT2D eigenvalue weighted by Gasteiger charge is 2.20. The van der Waals surface area contributed by atoms with Gasteiger partial charge in [0, 0.05) is 35.9 Å².